The van der Waals surface area contributed by atoms with Gasteiger partial charge in [-0.05, 0) is 30.9 Å². The number of rotatable bonds is 7. The number of benzene rings is 2. The number of hydrogen-bond donors (Lipinski definition) is 2. The smallest absolute Gasteiger partial charge is 0.410 e. The van der Waals surface area contributed by atoms with E-state index < -0.39 is 24.1 Å². The second-order valence-electron chi connectivity index (χ2n) is 7.54. The lowest BCUT2D eigenvalue weighted by Crippen LogP contribution is -2.53. The monoisotopic (exact) mass is 409 g/mol. The van der Waals surface area contributed by atoms with Crippen LogP contribution in [0.15, 0.2) is 54.6 Å². The van der Waals surface area contributed by atoms with Crippen LogP contribution in [0.5, 0.6) is 0 Å². The molecule has 7 heteroatoms. The van der Waals surface area contributed by atoms with E-state index in [0.29, 0.717) is 25.8 Å². The summed E-state index contributed by atoms with van der Waals surface area (Å²) in [7, 11) is 0. The molecule has 0 radical (unpaired) electrons. The topological polar surface area (TPSA) is 102 Å². The van der Waals surface area contributed by atoms with Crippen LogP contribution in [0.3, 0.4) is 0 Å². The third kappa shape index (κ3) is 5.59. The number of ether oxygens (including phenoxy) is 1. The Morgan fingerprint density at radius 2 is 1.80 bits per heavy atom. The Bertz CT molecular complexity index is 883. The van der Waals surface area contributed by atoms with Crippen molar-refractivity contribution in [3.05, 3.63) is 71.3 Å². The highest BCUT2D eigenvalue weighted by Crippen LogP contribution is 2.19. The third-order valence-corrected chi connectivity index (χ3v) is 5.22. The highest BCUT2D eigenvalue weighted by atomic mass is 16.6. The van der Waals surface area contributed by atoms with Gasteiger partial charge in [0.25, 0.3) is 0 Å². The molecule has 1 saturated heterocycles. The van der Waals surface area contributed by atoms with Gasteiger partial charge in [0.2, 0.25) is 11.8 Å². The molecule has 1 aliphatic rings. The van der Waals surface area contributed by atoms with E-state index in [2.05, 4.69) is 5.32 Å². The van der Waals surface area contributed by atoms with Gasteiger partial charge in [0, 0.05) is 13.0 Å². The van der Waals surface area contributed by atoms with Gasteiger partial charge in [0.15, 0.2) is 0 Å². The minimum absolute atomic E-state index is 0.141. The van der Waals surface area contributed by atoms with E-state index in [1.807, 2.05) is 61.5 Å². The number of nitrogens with one attached hydrogen (secondary N) is 1. The van der Waals surface area contributed by atoms with Gasteiger partial charge in [-0.15, -0.1) is 0 Å². The Morgan fingerprint density at radius 1 is 1.10 bits per heavy atom. The molecule has 0 aliphatic carbocycles. The molecule has 3 N–H and O–H groups in total. The molecule has 30 heavy (non-hydrogen) atoms. The van der Waals surface area contributed by atoms with Crippen LogP contribution < -0.4 is 11.1 Å². The Kier molecular flexibility index (Phi) is 7.06. The van der Waals surface area contributed by atoms with Gasteiger partial charge in [-0.25, -0.2) is 4.79 Å². The van der Waals surface area contributed by atoms with Gasteiger partial charge in [-0.2, -0.15) is 0 Å². The van der Waals surface area contributed by atoms with Crippen LogP contribution in [-0.2, 0) is 27.4 Å². The summed E-state index contributed by atoms with van der Waals surface area (Å²) in [5.74, 6) is -1.000. The second-order valence-corrected chi connectivity index (χ2v) is 7.54. The molecule has 0 bridgehead atoms. The maximum atomic E-state index is 12.8. The molecule has 0 aromatic heterocycles. The highest BCUT2D eigenvalue weighted by Gasteiger charge is 2.36. The fourth-order valence-corrected chi connectivity index (χ4v) is 3.51. The van der Waals surface area contributed by atoms with E-state index in [0.717, 1.165) is 16.7 Å². The van der Waals surface area contributed by atoms with Gasteiger partial charge in [-0.1, -0.05) is 60.2 Å². The predicted molar refractivity (Wildman–Crippen MR) is 112 cm³/mol. The number of carbonyl (C=O) groups excluding carboxylic acids is 3. The molecule has 3 rings (SSSR count). The molecule has 1 aliphatic heterocycles. The fourth-order valence-electron chi connectivity index (χ4n) is 3.51. The molecule has 0 unspecified atom stereocenters. The fraction of sp³-hybridized carbons (Fsp3) is 0.348. The number of primary amides is 1. The van der Waals surface area contributed by atoms with Crippen molar-refractivity contribution in [2.45, 2.75) is 44.9 Å². The van der Waals surface area contributed by atoms with Gasteiger partial charge < -0.3 is 15.8 Å². The van der Waals surface area contributed by atoms with E-state index in [9.17, 15) is 14.4 Å². The number of aryl methyl sites for hydroxylation is 1. The zero-order chi connectivity index (χ0) is 21.5. The molecule has 0 spiro atoms. The number of nitrogens with zero attached hydrogens (tertiary/aromatic N) is 1. The molecule has 2 atom stereocenters. The lowest BCUT2D eigenvalue weighted by molar-refractivity contribution is -0.130. The Hall–Kier alpha value is -3.35. The van der Waals surface area contributed by atoms with Crippen molar-refractivity contribution in [1.29, 1.82) is 0 Å². The normalized spacial score (nSPS) is 16.7. The zero-order valence-electron chi connectivity index (χ0n) is 17.0. The lowest BCUT2D eigenvalue weighted by atomic mass is 10.0. The van der Waals surface area contributed by atoms with E-state index in [-0.39, 0.29) is 12.5 Å². The van der Waals surface area contributed by atoms with Crippen molar-refractivity contribution < 1.29 is 19.1 Å². The molecular weight excluding hydrogens is 382 g/mol. The summed E-state index contributed by atoms with van der Waals surface area (Å²) in [5.41, 5.74) is 8.39. The third-order valence-electron chi connectivity index (χ3n) is 5.22. The average Bonchev–Trinajstić information content (AvgIpc) is 3.24. The average molecular weight is 409 g/mol. The van der Waals surface area contributed by atoms with Crippen molar-refractivity contribution in [1.82, 2.24) is 10.2 Å². The van der Waals surface area contributed by atoms with Crippen molar-refractivity contribution in [2.75, 3.05) is 6.54 Å². The number of nitrogens with two attached hydrogens (primary N) is 1. The maximum absolute atomic E-state index is 12.8. The van der Waals surface area contributed by atoms with Crippen molar-refractivity contribution in [3.63, 3.8) is 0 Å². The first kappa shape index (κ1) is 21.4. The number of carbonyl (C=O) groups is 3. The van der Waals surface area contributed by atoms with Gasteiger partial charge in [0.1, 0.15) is 18.7 Å². The summed E-state index contributed by atoms with van der Waals surface area (Å²) in [4.78, 5) is 38.7. The molecule has 3 amide bonds. The van der Waals surface area contributed by atoms with E-state index in [4.69, 9.17) is 10.5 Å². The summed E-state index contributed by atoms with van der Waals surface area (Å²) in [6.45, 7) is 2.55. The van der Waals surface area contributed by atoms with Crippen LogP contribution in [-0.4, -0.2) is 41.4 Å². The van der Waals surface area contributed by atoms with Crippen molar-refractivity contribution >= 4 is 17.9 Å². The van der Waals surface area contributed by atoms with E-state index in [1.165, 1.54) is 4.90 Å². The number of likely N-dealkylation sites (tertiary alicyclic amines) is 1. The van der Waals surface area contributed by atoms with Crippen LogP contribution in [0.25, 0.3) is 0 Å². The predicted octanol–water partition coefficient (Wildman–Crippen LogP) is 2.31. The van der Waals surface area contributed by atoms with Gasteiger partial charge >= 0.3 is 6.09 Å². The summed E-state index contributed by atoms with van der Waals surface area (Å²) >= 11 is 0. The first-order valence-corrected chi connectivity index (χ1v) is 10.1. The first-order valence-electron chi connectivity index (χ1n) is 10.1. The van der Waals surface area contributed by atoms with Crippen LogP contribution in [0.2, 0.25) is 0 Å². The Labute approximate surface area is 176 Å². The molecule has 158 valence electrons. The largest absolute Gasteiger partial charge is 0.445 e. The molecule has 2 aromatic carbocycles. The molecule has 1 fully saturated rings. The summed E-state index contributed by atoms with van der Waals surface area (Å²) < 4.78 is 5.37. The minimum atomic E-state index is -0.844. The SMILES string of the molecule is Cc1ccc(C[C@@H](NC(=O)[C@H]2CCCN2C(=O)OCc2ccccc2)C(N)=O)cc1. The van der Waals surface area contributed by atoms with Crippen molar-refractivity contribution in [2.24, 2.45) is 5.73 Å². The molecule has 1 heterocycles. The molecular formula is C23H27N3O4. The quantitative estimate of drug-likeness (QED) is 0.733. The van der Waals surface area contributed by atoms with Crippen LogP contribution in [0.4, 0.5) is 4.79 Å². The van der Waals surface area contributed by atoms with E-state index in [1.54, 1.807) is 0 Å². The molecule has 0 saturated carbocycles. The summed E-state index contributed by atoms with van der Waals surface area (Å²) in [6.07, 6.45) is 0.970. The maximum Gasteiger partial charge on any atom is 0.410 e. The lowest BCUT2D eigenvalue weighted by Gasteiger charge is -2.25. The van der Waals surface area contributed by atoms with E-state index >= 15 is 0 Å². The van der Waals surface area contributed by atoms with Crippen LogP contribution >= 0.6 is 0 Å². The molecule has 7 nitrogen and oxygen atoms in total. The minimum Gasteiger partial charge on any atom is -0.445 e. The zero-order valence-corrected chi connectivity index (χ0v) is 17.0. The number of amides is 3. The summed E-state index contributed by atoms with van der Waals surface area (Å²) in [5, 5.41) is 2.72. The highest BCUT2D eigenvalue weighted by molar-refractivity contribution is 5.91. The Morgan fingerprint density at radius 3 is 2.47 bits per heavy atom. The second kappa shape index (κ2) is 9.91. The number of hydrogen-bond acceptors (Lipinski definition) is 4. The van der Waals surface area contributed by atoms with Gasteiger partial charge in [0.05, 0.1) is 0 Å². The first-order chi connectivity index (χ1) is 14.4. The molecule has 2 aromatic rings. The van der Waals surface area contributed by atoms with Crippen LogP contribution in [0.1, 0.15) is 29.5 Å². The van der Waals surface area contributed by atoms with Gasteiger partial charge in [-0.3, -0.25) is 14.5 Å². The standard InChI is InChI=1S/C23H27N3O4/c1-16-9-11-17(12-10-16)14-19(21(24)27)25-22(28)20-8-5-13-26(20)23(29)30-15-18-6-3-2-4-7-18/h2-4,6-7,9-12,19-20H,5,8,13-15H2,1H3,(H2,24,27)(H,25,28)/t19-,20-/m1/s1. The van der Waals surface area contributed by atoms with Crippen molar-refractivity contribution in [3.8, 4) is 0 Å². The van der Waals surface area contributed by atoms with Crippen LogP contribution in [0, 0.1) is 6.92 Å². The summed E-state index contributed by atoms with van der Waals surface area (Å²) in [6, 6.07) is 15.5. The Balaban J connectivity index is 1.59.